The van der Waals surface area contributed by atoms with E-state index in [2.05, 4.69) is 22.3 Å². The minimum atomic E-state index is -0.158. The maximum Gasteiger partial charge on any atom is 0.246 e. The van der Waals surface area contributed by atoms with Gasteiger partial charge >= 0.3 is 0 Å². The number of hydrogen-bond donors (Lipinski definition) is 2. The van der Waals surface area contributed by atoms with Gasteiger partial charge in [-0.2, -0.15) is 5.10 Å². The number of carbonyl (C=O) groups is 1. The first kappa shape index (κ1) is 34.3. The van der Waals surface area contributed by atoms with E-state index in [0.717, 1.165) is 13.0 Å². The normalized spacial score (nSPS) is 12.0. The molecule has 12 heteroatoms. The van der Waals surface area contributed by atoms with E-state index in [9.17, 15) is 4.79 Å². The van der Waals surface area contributed by atoms with Crippen molar-refractivity contribution in [2.45, 2.75) is 32.6 Å². The summed E-state index contributed by atoms with van der Waals surface area (Å²) in [7, 11) is 1.48. The molecule has 0 fully saturated rings. The third-order valence-electron chi connectivity index (χ3n) is 4.50. The smallest absolute Gasteiger partial charge is 0.246 e. The van der Waals surface area contributed by atoms with Crippen LogP contribution in [0.3, 0.4) is 0 Å². The van der Waals surface area contributed by atoms with Crippen molar-refractivity contribution in [3.63, 3.8) is 0 Å². The number of ether oxygens (including phenoxy) is 7. The number of hydrazone groups is 1. The highest BCUT2D eigenvalue weighted by Gasteiger charge is 1.99. The first-order valence-corrected chi connectivity index (χ1v) is 12.7. The third-order valence-corrected chi connectivity index (χ3v) is 4.50. The SMILES string of the molecule is CCCCCCN=C/C(COCCOCCOCCOCCOCCOCCNC(=O)COC)=N\N. The number of rotatable bonds is 28. The Kier molecular flexibility index (Phi) is 28.2. The van der Waals surface area contributed by atoms with Crippen LogP contribution in [-0.2, 0) is 38.0 Å². The van der Waals surface area contributed by atoms with Gasteiger partial charge in [0.15, 0.2) is 0 Å². The van der Waals surface area contributed by atoms with E-state index in [1.54, 1.807) is 6.21 Å². The van der Waals surface area contributed by atoms with Crippen LogP contribution in [0.2, 0.25) is 0 Å². The van der Waals surface area contributed by atoms with Crippen LogP contribution in [0.25, 0.3) is 0 Å². The van der Waals surface area contributed by atoms with Crippen LogP contribution >= 0.6 is 0 Å². The molecule has 0 radical (unpaired) electrons. The number of carbonyl (C=O) groups excluding carboxylic acids is 1. The molecule has 0 rings (SSSR count). The zero-order valence-corrected chi connectivity index (χ0v) is 22.3. The summed E-state index contributed by atoms with van der Waals surface area (Å²) in [5.41, 5.74) is 0.619. The third kappa shape index (κ3) is 26.9. The molecule has 0 heterocycles. The molecule has 36 heavy (non-hydrogen) atoms. The van der Waals surface area contributed by atoms with Gasteiger partial charge in [-0.1, -0.05) is 26.2 Å². The van der Waals surface area contributed by atoms with Crippen LogP contribution in [0, 0.1) is 0 Å². The predicted octanol–water partition coefficient (Wildman–Crippen LogP) is 0.814. The summed E-state index contributed by atoms with van der Waals surface area (Å²) in [6, 6.07) is 0. The van der Waals surface area contributed by atoms with Crippen LogP contribution in [0.1, 0.15) is 32.6 Å². The number of unbranched alkanes of at least 4 members (excludes halogenated alkanes) is 3. The Morgan fingerprint density at radius 2 is 1.28 bits per heavy atom. The Bertz CT molecular complexity index is 538. The lowest BCUT2D eigenvalue weighted by atomic mass is 10.2. The second-order valence-corrected chi connectivity index (χ2v) is 7.61. The van der Waals surface area contributed by atoms with Gasteiger partial charge in [0.2, 0.25) is 5.91 Å². The van der Waals surface area contributed by atoms with Crippen molar-refractivity contribution < 1.29 is 38.0 Å². The number of nitrogens with zero attached hydrogens (tertiary/aromatic N) is 2. The summed E-state index contributed by atoms with van der Waals surface area (Å²) in [4.78, 5) is 15.5. The fraction of sp³-hybridized carbons (Fsp3) is 0.875. The van der Waals surface area contributed by atoms with Crippen molar-refractivity contribution in [3.8, 4) is 0 Å². The van der Waals surface area contributed by atoms with Crippen LogP contribution in [0.4, 0.5) is 0 Å². The summed E-state index contributed by atoms with van der Waals surface area (Å²) in [5, 5.41) is 6.36. The number of nitrogens with two attached hydrogens (primary N) is 1. The molecular formula is C24H48N4O8. The van der Waals surface area contributed by atoms with Gasteiger partial charge in [0.05, 0.1) is 79.3 Å². The first-order chi connectivity index (χ1) is 17.7. The van der Waals surface area contributed by atoms with E-state index < -0.39 is 0 Å². The van der Waals surface area contributed by atoms with Gasteiger partial charge in [0.25, 0.3) is 0 Å². The van der Waals surface area contributed by atoms with Crippen LogP contribution in [0.15, 0.2) is 10.1 Å². The molecule has 0 aromatic carbocycles. The molecule has 0 spiro atoms. The molecule has 0 bridgehead atoms. The number of methoxy groups -OCH3 is 1. The minimum absolute atomic E-state index is 0.0561. The van der Waals surface area contributed by atoms with Crippen molar-refractivity contribution in [2.75, 3.05) is 106 Å². The Morgan fingerprint density at radius 3 is 1.78 bits per heavy atom. The second-order valence-electron chi connectivity index (χ2n) is 7.61. The zero-order chi connectivity index (χ0) is 26.4. The van der Waals surface area contributed by atoms with Gasteiger partial charge in [-0.3, -0.25) is 9.79 Å². The molecule has 12 nitrogen and oxygen atoms in total. The van der Waals surface area contributed by atoms with Crippen molar-refractivity contribution in [1.29, 1.82) is 0 Å². The Morgan fingerprint density at radius 1 is 0.750 bits per heavy atom. The first-order valence-electron chi connectivity index (χ1n) is 12.7. The lowest BCUT2D eigenvalue weighted by Gasteiger charge is -2.08. The molecule has 0 unspecified atom stereocenters. The summed E-state index contributed by atoms with van der Waals surface area (Å²) in [5.74, 6) is 5.21. The molecule has 0 atom stereocenters. The van der Waals surface area contributed by atoms with Crippen LogP contribution < -0.4 is 11.2 Å². The van der Waals surface area contributed by atoms with E-state index in [-0.39, 0.29) is 12.5 Å². The van der Waals surface area contributed by atoms with E-state index in [1.165, 1.54) is 26.4 Å². The van der Waals surface area contributed by atoms with Gasteiger partial charge in [-0.15, -0.1) is 0 Å². The number of amides is 1. The molecule has 0 aliphatic carbocycles. The average molecular weight is 521 g/mol. The highest BCUT2D eigenvalue weighted by atomic mass is 16.6. The number of nitrogens with one attached hydrogen (secondary N) is 1. The Labute approximate surface area is 216 Å². The van der Waals surface area contributed by atoms with Crippen molar-refractivity contribution in [3.05, 3.63) is 0 Å². The molecule has 0 aliphatic rings. The lowest BCUT2D eigenvalue weighted by molar-refractivity contribution is -0.125. The second kappa shape index (κ2) is 29.6. The van der Waals surface area contributed by atoms with Gasteiger partial charge < -0.3 is 44.3 Å². The number of aliphatic imine (C=N–C) groups is 1. The fourth-order valence-electron chi connectivity index (χ4n) is 2.63. The van der Waals surface area contributed by atoms with Gasteiger partial charge in [0, 0.05) is 26.4 Å². The molecule has 0 aromatic heterocycles. The molecule has 0 aromatic rings. The molecule has 1 amide bonds. The molecular weight excluding hydrogens is 472 g/mol. The van der Waals surface area contributed by atoms with Crippen LogP contribution in [-0.4, -0.2) is 124 Å². The van der Waals surface area contributed by atoms with E-state index in [1.807, 2.05) is 0 Å². The molecule has 3 N–H and O–H groups in total. The Hall–Kier alpha value is -1.67. The minimum Gasteiger partial charge on any atom is -0.377 e. The summed E-state index contributed by atoms with van der Waals surface area (Å²) in [6.45, 7) is 9.01. The maximum absolute atomic E-state index is 11.1. The molecule has 0 saturated carbocycles. The standard InChI is InChI=1S/C24H48N4O8/c1-3-4-5-6-7-26-20-23(28-25)21-36-19-18-35-17-16-34-15-14-33-13-12-32-11-10-31-9-8-27-24(29)22-30-2/h20H,3-19,21-22,25H2,1-2H3,(H,27,29)/b26-20?,28-23+. The van der Waals surface area contributed by atoms with Gasteiger partial charge in [0.1, 0.15) is 12.3 Å². The topological polar surface area (TPSA) is 144 Å². The van der Waals surface area contributed by atoms with Crippen molar-refractivity contribution in [2.24, 2.45) is 15.9 Å². The van der Waals surface area contributed by atoms with E-state index >= 15 is 0 Å². The largest absolute Gasteiger partial charge is 0.377 e. The molecule has 0 saturated heterocycles. The summed E-state index contributed by atoms with van der Waals surface area (Å²) in [6.07, 6.45) is 6.41. The summed E-state index contributed by atoms with van der Waals surface area (Å²) >= 11 is 0. The van der Waals surface area contributed by atoms with Crippen molar-refractivity contribution >= 4 is 17.8 Å². The highest BCUT2D eigenvalue weighted by molar-refractivity contribution is 6.31. The average Bonchev–Trinajstić information content (AvgIpc) is 2.88. The summed E-state index contributed by atoms with van der Waals surface area (Å²) < 4.78 is 37.3. The molecule has 212 valence electrons. The van der Waals surface area contributed by atoms with Gasteiger partial charge in [-0.25, -0.2) is 0 Å². The zero-order valence-electron chi connectivity index (χ0n) is 22.3. The lowest BCUT2D eigenvalue weighted by Crippen LogP contribution is -2.30. The molecule has 0 aliphatic heterocycles. The fourth-order valence-corrected chi connectivity index (χ4v) is 2.63. The van der Waals surface area contributed by atoms with E-state index in [4.69, 9.17) is 39.0 Å². The Balaban J connectivity index is 3.26. The monoisotopic (exact) mass is 520 g/mol. The van der Waals surface area contributed by atoms with Crippen LogP contribution in [0.5, 0.6) is 0 Å². The van der Waals surface area contributed by atoms with Gasteiger partial charge in [-0.05, 0) is 6.42 Å². The highest BCUT2D eigenvalue weighted by Crippen LogP contribution is 1.98. The predicted molar refractivity (Wildman–Crippen MR) is 139 cm³/mol. The van der Waals surface area contributed by atoms with Crippen molar-refractivity contribution in [1.82, 2.24) is 5.32 Å². The quantitative estimate of drug-likeness (QED) is 0.0663. The number of hydrogen-bond acceptors (Lipinski definition) is 11. The van der Waals surface area contributed by atoms with E-state index in [0.29, 0.717) is 91.5 Å². The maximum atomic E-state index is 11.1.